The minimum atomic E-state index is -1.55. The Morgan fingerprint density at radius 1 is 1.05 bits per heavy atom. The molecule has 0 aromatic heterocycles. The quantitative estimate of drug-likeness (QED) is 0.280. The van der Waals surface area contributed by atoms with Gasteiger partial charge in [0.25, 0.3) is 0 Å². The van der Waals surface area contributed by atoms with Crippen molar-refractivity contribution in [3.63, 3.8) is 0 Å². The van der Waals surface area contributed by atoms with Crippen molar-refractivity contribution in [2.24, 2.45) is 0 Å². The van der Waals surface area contributed by atoms with Gasteiger partial charge in [0.15, 0.2) is 29.7 Å². The van der Waals surface area contributed by atoms with Gasteiger partial charge in [0.05, 0.1) is 25.9 Å². The van der Waals surface area contributed by atoms with Crippen LogP contribution in [0, 0.1) is 0 Å². The lowest BCUT2D eigenvalue weighted by Gasteiger charge is -2.45. The average molecular weight is 541 g/mol. The summed E-state index contributed by atoms with van der Waals surface area (Å²) >= 11 is 0. The number of aromatic hydroxyl groups is 1. The first-order chi connectivity index (χ1) is 17.9. The largest absolute Gasteiger partial charge is 0.504 e. The molecule has 3 aliphatic heterocycles. The Morgan fingerprint density at radius 3 is 2.42 bits per heavy atom. The molecule has 3 fully saturated rings. The fourth-order valence-corrected chi connectivity index (χ4v) is 4.96. The van der Waals surface area contributed by atoms with Crippen LogP contribution in [-0.4, -0.2) is 107 Å². The van der Waals surface area contributed by atoms with E-state index in [9.17, 15) is 25.2 Å². The zero-order valence-electron chi connectivity index (χ0n) is 21.9. The van der Waals surface area contributed by atoms with E-state index in [0.717, 1.165) is 6.08 Å². The van der Waals surface area contributed by atoms with Crippen molar-refractivity contribution in [3.8, 4) is 11.5 Å². The molecular weight excluding hydrogens is 504 g/mol. The summed E-state index contributed by atoms with van der Waals surface area (Å²) in [5.74, 6) is -1.50. The number of benzene rings is 1. The zero-order chi connectivity index (χ0) is 27.8. The number of phenols is 1. The fourth-order valence-electron chi connectivity index (χ4n) is 4.96. The Bertz CT molecular complexity index is 1010. The number of carbonyl (C=O) groups is 1. The highest BCUT2D eigenvalue weighted by atomic mass is 16.8. The van der Waals surface area contributed by atoms with Gasteiger partial charge in [-0.25, -0.2) is 4.79 Å². The summed E-state index contributed by atoms with van der Waals surface area (Å²) in [4.78, 5) is 12.5. The van der Waals surface area contributed by atoms with Crippen molar-refractivity contribution in [1.82, 2.24) is 0 Å². The molecule has 1 aromatic rings. The molecule has 3 heterocycles. The highest BCUT2D eigenvalue weighted by molar-refractivity contribution is 5.87. The number of ether oxygens (including phenoxy) is 7. The molecule has 0 radical (unpaired) electrons. The SMILES string of the molecule is COc1cc(/C=C/C(=O)OC2C(C)OC(OC3C(C)OC(CO)C4OC(C)(C)OC34)C(O)C2O)ccc1O. The van der Waals surface area contributed by atoms with Crippen LogP contribution in [0.3, 0.4) is 0 Å². The van der Waals surface area contributed by atoms with E-state index in [4.69, 9.17) is 33.2 Å². The predicted molar refractivity (Wildman–Crippen MR) is 130 cm³/mol. The van der Waals surface area contributed by atoms with Crippen molar-refractivity contribution in [1.29, 1.82) is 0 Å². The molecule has 3 aliphatic rings. The van der Waals surface area contributed by atoms with Gasteiger partial charge >= 0.3 is 5.97 Å². The topological polar surface area (TPSA) is 163 Å². The lowest BCUT2D eigenvalue weighted by atomic mass is 9.95. The van der Waals surface area contributed by atoms with Crippen LogP contribution in [0.4, 0.5) is 0 Å². The normalized spacial score (nSPS) is 38.6. The van der Waals surface area contributed by atoms with Gasteiger partial charge in [0.1, 0.15) is 36.6 Å². The van der Waals surface area contributed by atoms with E-state index >= 15 is 0 Å². The van der Waals surface area contributed by atoms with E-state index in [-0.39, 0.29) is 18.1 Å². The van der Waals surface area contributed by atoms with Gasteiger partial charge < -0.3 is 53.6 Å². The van der Waals surface area contributed by atoms with Gasteiger partial charge in [-0.15, -0.1) is 0 Å². The van der Waals surface area contributed by atoms with Crippen LogP contribution in [0.15, 0.2) is 24.3 Å². The molecule has 1 aromatic carbocycles. The summed E-state index contributed by atoms with van der Waals surface area (Å²) in [5, 5.41) is 41.0. The molecule has 0 bridgehead atoms. The molecule has 3 saturated heterocycles. The van der Waals surface area contributed by atoms with Crippen LogP contribution in [0.25, 0.3) is 6.08 Å². The molecule has 0 amide bonds. The molecule has 4 rings (SSSR count). The lowest BCUT2D eigenvalue weighted by molar-refractivity contribution is -0.330. The van der Waals surface area contributed by atoms with Crippen molar-refractivity contribution >= 4 is 12.0 Å². The van der Waals surface area contributed by atoms with E-state index in [1.54, 1.807) is 33.8 Å². The van der Waals surface area contributed by atoms with Crippen LogP contribution in [0.1, 0.15) is 33.3 Å². The van der Waals surface area contributed by atoms with Gasteiger partial charge in [-0.3, -0.25) is 0 Å². The number of rotatable bonds is 7. The summed E-state index contributed by atoms with van der Waals surface area (Å²) in [6, 6.07) is 4.54. The highest BCUT2D eigenvalue weighted by Crippen LogP contribution is 2.39. The Kier molecular flexibility index (Phi) is 8.65. The molecule has 38 heavy (non-hydrogen) atoms. The van der Waals surface area contributed by atoms with Crippen LogP contribution in [-0.2, 0) is 33.2 Å². The number of hydrogen-bond donors (Lipinski definition) is 4. The van der Waals surface area contributed by atoms with Crippen LogP contribution >= 0.6 is 0 Å². The van der Waals surface area contributed by atoms with Crippen LogP contribution in [0.2, 0.25) is 0 Å². The van der Waals surface area contributed by atoms with E-state index < -0.39 is 73.0 Å². The molecule has 10 atom stereocenters. The average Bonchev–Trinajstić information content (AvgIpc) is 3.20. The van der Waals surface area contributed by atoms with Crippen molar-refractivity contribution in [3.05, 3.63) is 29.8 Å². The van der Waals surface area contributed by atoms with Crippen LogP contribution < -0.4 is 4.74 Å². The first kappa shape index (κ1) is 28.7. The third-order valence-electron chi connectivity index (χ3n) is 6.82. The van der Waals surface area contributed by atoms with Crippen molar-refractivity contribution < 1.29 is 58.4 Å². The van der Waals surface area contributed by atoms with Crippen molar-refractivity contribution in [2.45, 2.75) is 94.7 Å². The maximum absolute atomic E-state index is 12.5. The first-order valence-corrected chi connectivity index (χ1v) is 12.5. The molecule has 212 valence electrons. The summed E-state index contributed by atoms with van der Waals surface area (Å²) in [7, 11) is 1.41. The highest BCUT2D eigenvalue weighted by Gasteiger charge is 2.56. The Hall–Kier alpha value is -2.29. The zero-order valence-corrected chi connectivity index (χ0v) is 21.9. The maximum atomic E-state index is 12.5. The molecule has 4 N–H and O–H groups in total. The number of hydrogen-bond acceptors (Lipinski definition) is 12. The molecule has 0 saturated carbocycles. The van der Waals surface area contributed by atoms with E-state index in [1.165, 1.54) is 25.3 Å². The predicted octanol–water partition coefficient (Wildman–Crippen LogP) is 0.477. The molecule has 0 aliphatic carbocycles. The van der Waals surface area contributed by atoms with E-state index in [2.05, 4.69) is 0 Å². The Morgan fingerprint density at radius 2 is 1.74 bits per heavy atom. The Balaban J connectivity index is 1.39. The number of carbonyl (C=O) groups excluding carboxylic acids is 1. The molecule has 0 spiro atoms. The molecular formula is C26H36O12. The van der Waals surface area contributed by atoms with Gasteiger partial charge in [0, 0.05) is 6.08 Å². The number of aliphatic hydroxyl groups is 3. The Labute approximate surface area is 220 Å². The number of fused-ring (bicyclic) bond motifs is 1. The van der Waals surface area contributed by atoms with Gasteiger partial charge in [0.2, 0.25) is 0 Å². The number of methoxy groups -OCH3 is 1. The van der Waals surface area contributed by atoms with Crippen molar-refractivity contribution in [2.75, 3.05) is 13.7 Å². The minimum Gasteiger partial charge on any atom is -0.504 e. The lowest BCUT2D eigenvalue weighted by Crippen LogP contribution is -2.63. The van der Waals surface area contributed by atoms with Crippen LogP contribution in [0.5, 0.6) is 11.5 Å². The molecule has 12 nitrogen and oxygen atoms in total. The second-order valence-electron chi connectivity index (χ2n) is 10.1. The number of esters is 1. The van der Waals surface area contributed by atoms with E-state index in [0.29, 0.717) is 5.56 Å². The second-order valence-corrected chi connectivity index (χ2v) is 10.1. The third-order valence-corrected chi connectivity index (χ3v) is 6.82. The number of aliphatic hydroxyl groups excluding tert-OH is 3. The summed E-state index contributed by atoms with van der Waals surface area (Å²) < 4.78 is 40.1. The van der Waals surface area contributed by atoms with Gasteiger partial charge in [-0.1, -0.05) is 6.07 Å². The minimum absolute atomic E-state index is 0.0389. The van der Waals surface area contributed by atoms with Gasteiger partial charge in [-0.05, 0) is 51.5 Å². The maximum Gasteiger partial charge on any atom is 0.331 e. The summed E-state index contributed by atoms with van der Waals surface area (Å²) in [6.45, 7) is 6.54. The fraction of sp³-hybridized carbons (Fsp3) is 0.654. The summed E-state index contributed by atoms with van der Waals surface area (Å²) in [6.07, 6.45) is -6.85. The smallest absolute Gasteiger partial charge is 0.331 e. The molecule has 10 unspecified atom stereocenters. The van der Waals surface area contributed by atoms with Gasteiger partial charge in [-0.2, -0.15) is 0 Å². The standard InChI is InChI=1S/C26H36O12/c1-12-21(35-18(29)9-7-14-6-8-15(28)16(10-14)32-5)19(30)20(31)25(34-12)36-22-13(2)33-17(11-27)23-24(22)38-26(3,4)37-23/h6-10,12-13,17,19-25,27-28,30-31H,11H2,1-5H3/b9-7+. The monoisotopic (exact) mass is 540 g/mol. The van der Waals surface area contributed by atoms with E-state index in [1.807, 2.05) is 0 Å². The number of phenolic OH excluding ortho intramolecular Hbond substituents is 1. The summed E-state index contributed by atoms with van der Waals surface area (Å²) in [5.41, 5.74) is 0.574. The second kappa shape index (κ2) is 11.4. The molecule has 12 heteroatoms. The third kappa shape index (κ3) is 5.97. The first-order valence-electron chi connectivity index (χ1n) is 12.5.